The van der Waals surface area contributed by atoms with E-state index in [4.69, 9.17) is 11.0 Å². The van der Waals surface area contributed by atoms with Gasteiger partial charge in [-0.2, -0.15) is 5.26 Å². The minimum Gasteiger partial charge on any atom is -0.396 e. The third kappa shape index (κ3) is 2.02. The van der Waals surface area contributed by atoms with Gasteiger partial charge in [0.1, 0.15) is 6.07 Å². The van der Waals surface area contributed by atoms with E-state index in [0.717, 1.165) is 25.2 Å². The van der Waals surface area contributed by atoms with Gasteiger partial charge in [-0.15, -0.1) is 0 Å². The minimum absolute atomic E-state index is 0.552. The van der Waals surface area contributed by atoms with E-state index in [1.807, 2.05) is 12.1 Å². The lowest BCUT2D eigenvalue weighted by atomic mass is 9.99. The summed E-state index contributed by atoms with van der Waals surface area (Å²) < 4.78 is 0. The third-order valence-corrected chi connectivity index (χ3v) is 3.67. The number of hydrogen-bond donors (Lipinski definition) is 1. The Bertz CT molecular complexity index is 655. The first kappa shape index (κ1) is 11.6. The second-order valence-corrected chi connectivity index (χ2v) is 4.79. The van der Waals surface area contributed by atoms with Crippen molar-refractivity contribution in [2.45, 2.75) is 13.0 Å². The number of benzene rings is 2. The number of nitrogens with zero attached hydrogens (tertiary/aromatic N) is 2. The summed E-state index contributed by atoms with van der Waals surface area (Å²) in [7, 11) is 0. The van der Waals surface area contributed by atoms with E-state index in [1.165, 1.54) is 11.1 Å². The van der Waals surface area contributed by atoms with Gasteiger partial charge >= 0.3 is 0 Å². The van der Waals surface area contributed by atoms with Crippen molar-refractivity contribution in [2.75, 3.05) is 17.2 Å². The Balaban J connectivity index is 1.96. The van der Waals surface area contributed by atoms with Crippen molar-refractivity contribution in [3.63, 3.8) is 0 Å². The number of nitriles is 1. The largest absolute Gasteiger partial charge is 0.396 e. The van der Waals surface area contributed by atoms with Crippen LogP contribution in [0.15, 0.2) is 42.5 Å². The smallest absolute Gasteiger partial charge is 0.101 e. The van der Waals surface area contributed by atoms with Gasteiger partial charge in [0, 0.05) is 13.1 Å². The van der Waals surface area contributed by atoms with E-state index in [9.17, 15) is 0 Å². The monoisotopic (exact) mass is 249 g/mol. The SMILES string of the molecule is N#Cc1cccc(N2CCc3ccccc3C2)c1N. The molecule has 1 aliphatic rings. The van der Waals surface area contributed by atoms with Crippen molar-refractivity contribution in [3.8, 4) is 6.07 Å². The van der Waals surface area contributed by atoms with Crippen LogP contribution >= 0.6 is 0 Å². The molecule has 0 radical (unpaired) electrons. The molecule has 0 bridgehead atoms. The average Bonchev–Trinajstić information content (AvgIpc) is 2.47. The van der Waals surface area contributed by atoms with Crippen LogP contribution in [0, 0.1) is 11.3 Å². The van der Waals surface area contributed by atoms with E-state index in [0.29, 0.717) is 11.3 Å². The standard InChI is InChI=1S/C16H15N3/c17-10-13-6-3-7-15(16(13)18)19-9-8-12-4-1-2-5-14(12)11-19/h1-7H,8-9,11,18H2. The van der Waals surface area contributed by atoms with Crippen LogP contribution in [0.4, 0.5) is 11.4 Å². The van der Waals surface area contributed by atoms with Gasteiger partial charge in [0.15, 0.2) is 0 Å². The zero-order valence-corrected chi connectivity index (χ0v) is 10.6. The summed E-state index contributed by atoms with van der Waals surface area (Å²) >= 11 is 0. The molecule has 1 aliphatic heterocycles. The molecule has 2 N–H and O–H groups in total. The maximum atomic E-state index is 9.05. The maximum absolute atomic E-state index is 9.05. The molecule has 0 saturated heterocycles. The van der Waals surface area contributed by atoms with Crippen LogP contribution in [0.3, 0.4) is 0 Å². The molecule has 94 valence electrons. The number of nitrogen functional groups attached to an aromatic ring is 1. The summed E-state index contributed by atoms with van der Waals surface area (Å²) in [4.78, 5) is 2.25. The van der Waals surface area contributed by atoms with Crippen molar-refractivity contribution in [3.05, 3.63) is 59.2 Å². The number of para-hydroxylation sites is 1. The fourth-order valence-corrected chi connectivity index (χ4v) is 2.63. The summed E-state index contributed by atoms with van der Waals surface area (Å²) in [5.41, 5.74) is 10.9. The molecule has 3 rings (SSSR count). The average molecular weight is 249 g/mol. The molecule has 0 amide bonds. The first-order chi connectivity index (χ1) is 9.29. The van der Waals surface area contributed by atoms with Crippen LogP contribution in [0.2, 0.25) is 0 Å². The molecule has 0 aliphatic carbocycles. The molecule has 0 spiro atoms. The van der Waals surface area contributed by atoms with E-state index in [-0.39, 0.29) is 0 Å². The summed E-state index contributed by atoms with van der Waals surface area (Å²) in [6.45, 7) is 1.80. The van der Waals surface area contributed by atoms with Crippen LogP contribution in [0.5, 0.6) is 0 Å². The predicted molar refractivity (Wildman–Crippen MR) is 76.8 cm³/mol. The topological polar surface area (TPSA) is 53.0 Å². The van der Waals surface area contributed by atoms with Crippen LogP contribution in [-0.2, 0) is 13.0 Å². The molecule has 0 aromatic heterocycles. The zero-order valence-electron chi connectivity index (χ0n) is 10.6. The van der Waals surface area contributed by atoms with Crippen molar-refractivity contribution in [2.24, 2.45) is 0 Å². The number of fused-ring (bicyclic) bond motifs is 1. The molecule has 0 fully saturated rings. The maximum Gasteiger partial charge on any atom is 0.101 e. The number of hydrogen-bond acceptors (Lipinski definition) is 3. The fourth-order valence-electron chi connectivity index (χ4n) is 2.63. The Morgan fingerprint density at radius 2 is 1.84 bits per heavy atom. The van der Waals surface area contributed by atoms with Crippen LogP contribution in [0.25, 0.3) is 0 Å². The van der Waals surface area contributed by atoms with Crippen molar-refractivity contribution in [1.82, 2.24) is 0 Å². The van der Waals surface area contributed by atoms with Gasteiger partial charge in [0.25, 0.3) is 0 Å². The van der Waals surface area contributed by atoms with Crippen molar-refractivity contribution in [1.29, 1.82) is 5.26 Å². The molecule has 0 unspecified atom stereocenters. The molecule has 19 heavy (non-hydrogen) atoms. The molecule has 3 nitrogen and oxygen atoms in total. The van der Waals surface area contributed by atoms with Crippen molar-refractivity contribution < 1.29 is 0 Å². The zero-order chi connectivity index (χ0) is 13.2. The van der Waals surface area contributed by atoms with E-state index < -0.39 is 0 Å². The Kier molecular flexibility index (Phi) is 2.85. The quantitative estimate of drug-likeness (QED) is 0.791. The summed E-state index contributed by atoms with van der Waals surface area (Å²) in [6, 6.07) is 16.3. The number of rotatable bonds is 1. The fraction of sp³-hybridized carbons (Fsp3) is 0.188. The second-order valence-electron chi connectivity index (χ2n) is 4.79. The Hall–Kier alpha value is -2.47. The van der Waals surface area contributed by atoms with Gasteiger partial charge < -0.3 is 10.6 Å². The second kappa shape index (κ2) is 4.66. The predicted octanol–water partition coefficient (Wildman–Crippen LogP) is 2.70. The lowest BCUT2D eigenvalue weighted by Gasteiger charge is -2.31. The van der Waals surface area contributed by atoms with Gasteiger partial charge in [-0.05, 0) is 29.7 Å². The highest BCUT2D eigenvalue weighted by molar-refractivity contribution is 5.74. The molecular weight excluding hydrogens is 234 g/mol. The Labute approximate surface area is 112 Å². The van der Waals surface area contributed by atoms with Gasteiger partial charge in [0.2, 0.25) is 0 Å². The molecule has 1 heterocycles. The molecular formula is C16H15N3. The lowest BCUT2D eigenvalue weighted by Crippen LogP contribution is -2.31. The number of anilines is 2. The van der Waals surface area contributed by atoms with E-state index in [2.05, 4.69) is 35.2 Å². The highest BCUT2D eigenvalue weighted by Crippen LogP contribution is 2.30. The molecule has 2 aromatic rings. The first-order valence-corrected chi connectivity index (χ1v) is 6.40. The third-order valence-electron chi connectivity index (χ3n) is 3.67. The lowest BCUT2D eigenvalue weighted by molar-refractivity contribution is 0.732. The van der Waals surface area contributed by atoms with Gasteiger partial charge in [-0.25, -0.2) is 0 Å². The first-order valence-electron chi connectivity index (χ1n) is 6.40. The number of nitrogens with two attached hydrogens (primary N) is 1. The minimum atomic E-state index is 0.552. The van der Waals surface area contributed by atoms with Gasteiger partial charge in [-0.1, -0.05) is 30.3 Å². The van der Waals surface area contributed by atoms with Crippen molar-refractivity contribution >= 4 is 11.4 Å². The van der Waals surface area contributed by atoms with Gasteiger partial charge in [0.05, 0.1) is 16.9 Å². The van der Waals surface area contributed by atoms with E-state index in [1.54, 1.807) is 6.07 Å². The Morgan fingerprint density at radius 1 is 1.05 bits per heavy atom. The Morgan fingerprint density at radius 3 is 2.63 bits per heavy atom. The molecule has 2 aromatic carbocycles. The highest BCUT2D eigenvalue weighted by Gasteiger charge is 2.18. The molecule has 0 saturated carbocycles. The highest BCUT2D eigenvalue weighted by atomic mass is 15.1. The molecule has 0 atom stereocenters. The molecule has 3 heteroatoms. The normalized spacial score (nSPS) is 13.7. The summed E-state index contributed by atoms with van der Waals surface area (Å²) in [6.07, 6.45) is 1.02. The van der Waals surface area contributed by atoms with Crippen LogP contribution < -0.4 is 10.6 Å². The summed E-state index contributed by atoms with van der Waals surface area (Å²) in [5.74, 6) is 0. The summed E-state index contributed by atoms with van der Waals surface area (Å²) in [5, 5.41) is 9.05. The van der Waals surface area contributed by atoms with Gasteiger partial charge in [-0.3, -0.25) is 0 Å². The van der Waals surface area contributed by atoms with E-state index >= 15 is 0 Å². The van der Waals surface area contributed by atoms with Crippen LogP contribution in [0.1, 0.15) is 16.7 Å². The van der Waals surface area contributed by atoms with Crippen LogP contribution in [-0.4, -0.2) is 6.54 Å².